The van der Waals surface area contributed by atoms with E-state index in [0.717, 1.165) is 34.3 Å². The molecule has 0 aromatic heterocycles. The van der Waals surface area contributed by atoms with Crippen LogP contribution in [0.1, 0.15) is 30.1 Å². The second-order valence-electron chi connectivity index (χ2n) is 10.8. The predicted molar refractivity (Wildman–Crippen MR) is 209 cm³/mol. The molecule has 4 aromatic carbocycles. The fourth-order valence-corrected chi connectivity index (χ4v) is 3.10. The van der Waals surface area contributed by atoms with Crippen LogP contribution in [0.4, 0.5) is 4.32 Å². The van der Waals surface area contributed by atoms with Crippen LogP contribution in [0.3, 0.4) is 0 Å². The number of halogens is 2. The van der Waals surface area contributed by atoms with Gasteiger partial charge in [0.25, 0.3) is 18.4 Å². The second kappa shape index (κ2) is 44.2. The molecule has 55 heavy (non-hydrogen) atoms. The molecule has 4 N–H and O–H groups in total. The molecule has 0 saturated carbocycles. The van der Waals surface area contributed by atoms with E-state index in [2.05, 4.69) is 67.2 Å². The third-order valence-electron chi connectivity index (χ3n) is 4.47. The zero-order valence-electron chi connectivity index (χ0n) is 32.7. The van der Waals surface area contributed by atoms with Gasteiger partial charge in [-0.05, 0) is 41.5 Å². The number of ether oxygens (including phenoxy) is 2. The minimum absolute atomic E-state index is 0. The van der Waals surface area contributed by atoms with Crippen LogP contribution in [0.15, 0.2) is 114 Å². The van der Waals surface area contributed by atoms with E-state index in [1.165, 1.54) is 35.4 Å². The minimum Gasteiger partial charge on any atom is -1.00 e. The Morgan fingerprint density at radius 3 is 1.31 bits per heavy atom. The number of aliphatic carboxylic acids is 2. The van der Waals surface area contributed by atoms with E-state index >= 15 is 0 Å². The van der Waals surface area contributed by atoms with Crippen LogP contribution in [0, 0.1) is 0 Å². The largest absolute Gasteiger partial charge is 1.00 e. The van der Waals surface area contributed by atoms with Crippen molar-refractivity contribution in [3.8, 4) is 22.6 Å². The standard InChI is InChI=1S/C13H12O.C7H7BrO.C6H7BFO2.C4H12N.2C2H4O2.CH2O3.2CH4.2K.Pd.H/c1-14-13-9-5-8-12(10-13)11-6-3-2-4-7-11;1-9-7-4-2-3-6(8)5-7;8-7(9,10)6-4-2-1-3-5-6;1-5(2,3)4;2*1-2(3)4;2-1-4-3;;;;;;/h2-10H,1H3;2-5H,1H3;1-5,9-10H;1-4H3;2*1H3,(H,3,4);1,3H;2*1H4;;;;/q;;-1;+1;;;;;;2*+1;;-1/p-1. The first kappa shape index (κ1) is 71.8. The Morgan fingerprint density at radius 2 is 1.04 bits per heavy atom. The number of methoxy groups -OCH3 is 2. The molecular formula is C37H56BBrFK2NO11Pd. The van der Waals surface area contributed by atoms with Crippen LogP contribution in [-0.4, -0.2) is 92.4 Å². The predicted octanol–water partition coefficient (Wildman–Crippen LogP) is -0.0644. The molecule has 0 fully saturated rings. The number of quaternary nitrogens is 1. The van der Waals surface area contributed by atoms with Gasteiger partial charge in [-0.2, -0.15) is 0 Å². The van der Waals surface area contributed by atoms with E-state index in [4.69, 9.17) is 49.4 Å². The maximum Gasteiger partial charge on any atom is 1.00 e. The van der Waals surface area contributed by atoms with Crippen LogP contribution in [0.5, 0.6) is 11.5 Å². The number of carbonyl (C=O) groups is 3. The van der Waals surface area contributed by atoms with Gasteiger partial charge in [-0.3, -0.25) is 14.4 Å². The Morgan fingerprint density at radius 1 is 0.727 bits per heavy atom. The van der Waals surface area contributed by atoms with Crippen molar-refractivity contribution in [2.24, 2.45) is 0 Å². The zero-order valence-corrected chi connectivity index (χ0v) is 41.1. The van der Waals surface area contributed by atoms with Gasteiger partial charge in [0.1, 0.15) is 11.5 Å². The summed E-state index contributed by atoms with van der Waals surface area (Å²) in [5.41, 5.74) is 2.30. The molecule has 304 valence electrons. The fourth-order valence-electron chi connectivity index (χ4n) is 2.73. The van der Waals surface area contributed by atoms with E-state index in [1.54, 1.807) is 20.3 Å². The van der Waals surface area contributed by atoms with Gasteiger partial charge in [0.15, 0.2) is 0 Å². The molecule has 0 saturated heterocycles. The molecule has 0 amide bonds. The fraction of sp³-hybridized carbons (Fsp3) is 0.270. The summed E-state index contributed by atoms with van der Waals surface area (Å²) in [4.78, 5) is 29.2. The summed E-state index contributed by atoms with van der Waals surface area (Å²) in [6.07, 6.45) is 0. The van der Waals surface area contributed by atoms with E-state index in [0.29, 0.717) is 0 Å². The Hall–Kier alpha value is -0.860. The molecule has 4 rings (SSSR count). The van der Waals surface area contributed by atoms with Crippen LogP contribution in [-0.2, 0) is 39.7 Å². The minimum atomic E-state index is -3.80. The maximum absolute atomic E-state index is 12.3. The van der Waals surface area contributed by atoms with Gasteiger partial charge in [0, 0.05) is 38.7 Å². The molecule has 12 nitrogen and oxygen atoms in total. The number of benzene rings is 4. The summed E-state index contributed by atoms with van der Waals surface area (Å²) in [6.45, 7) is -1.82. The summed E-state index contributed by atoms with van der Waals surface area (Å²) in [7, 11) is 11.8. The van der Waals surface area contributed by atoms with Crippen molar-refractivity contribution in [2.75, 3.05) is 42.4 Å². The monoisotopic (exact) mass is 983 g/mol. The quantitative estimate of drug-likeness (QED) is 0.0692. The summed E-state index contributed by atoms with van der Waals surface area (Å²) < 4.78 is 24.5. The average molecular weight is 985 g/mol. The van der Waals surface area contributed by atoms with E-state index in [1.807, 2.05) is 60.7 Å². The van der Waals surface area contributed by atoms with Crippen LogP contribution in [0.2, 0.25) is 0 Å². The molecule has 0 bridgehead atoms. The van der Waals surface area contributed by atoms with Gasteiger partial charge in [0.05, 0.1) is 42.4 Å². The molecular weight excluding hydrogens is 929 g/mol. The van der Waals surface area contributed by atoms with Crippen LogP contribution < -0.4 is 123 Å². The Bertz CT molecular complexity index is 1460. The SMILES string of the molecule is C.C.CC(=O)O.CC(=O)O.COc1cccc(-c2ccccc2)c1.COc1cccc(Br)c1.C[N+](C)(C)C.O=CO[O-].O[B-](O)(F)c1ccccc1.[H-].[K+].[K+].[Pd]. The molecule has 4 aromatic rings. The van der Waals surface area contributed by atoms with Gasteiger partial charge in [-0.15, -0.1) is 5.46 Å². The molecule has 0 radical (unpaired) electrons. The molecule has 0 aliphatic heterocycles. The zero-order chi connectivity index (χ0) is 39.2. The van der Waals surface area contributed by atoms with Crippen molar-refractivity contribution in [1.82, 2.24) is 0 Å². The third kappa shape index (κ3) is 55.3. The molecule has 0 unspecified atom stereocenters. The van der Waals surface area contributed by atoms with Crippen LogP contribution >= 0.6 is 15.9 Å². The average Bonchev–Trinajstić information content (AvgIpc) is 3.05. The number of carboxylic acid groups (broad SMARTS) is 2. The molecule has 0 aliphatic carbocycles. The van der Waals surface area contributed by atoms with Crippen molar-refractivity contribution in [1.29, 1.82) is 0 Å². The van der Waals surface area contributed by atoms with Gasteiger partial charge in [-0.1, -0.05) is 110 Å². The van der Waals surface area contributed by atoms with Crippen molar-refractivity contribution in [3.05, 3.63) is 114 Å². The van der Waals surface area contributed by atoms with Gasteiger partial charge in [-0.25, -0.2) is 0 Å². The Kier molecular flexibility index (Phi) is 57.8. The second-order valence-corrected chi connectivity index (χ2v) is 11.7. The molecule has 0 heterocycles. The summed E-state index contributed by atoms with van der Waals surface area (Å²) in [6, 6.07) is 33.5. The van der Waals surface area contributed by atoms with Crippen molar-refractivity contribution in [3.63, 3.8) is 0 Å². The normalized spacial score (nSPS) is 8.45. The van der Waals surface area contributed by atoms with E-state index in [9.17, 15) is 4.32 Å². The summed E-state index contributed by atoms with van der Waals surface area (Å²) in [5.74, 6) is 0.107. The van der Waals surface area contributed by atoms with Gasteiger partial charge >= 0.3 is 110 Å². The summed E-state index contributed by atoms with van der Waals surface area (Å²) in [5, 5.41) is 40.1. The number of nitrogens with zero attached hydrogens (tertiary/aromatic N) is 1. The number of carboxylic acids is 2. The summed E-state index contributed by atoms with van der Waals surface area (Å²) >= 11 is 3.32. The van der Waals surface area contributed by atoms with Crippen LogP contribution in [0.25, 0.3) is 11.1 Å². The van der Waals surface area contributed by atoms with Gasteiger partial charge in [0.2, 0.25) is 0 Å². The van der Waals surface area contributed by atoms with Crippen molar-refractivity contribution >= 4 is 46.6 Å². The number of rotatable bonds is 5. The van der Waals surface area contributed by atoms with Crippen molar-refractivity contribution in [2.45, 2.75) is 28.7 Å². The molecule has 18 heteroatoms. The number of carbonyl (C=O) groups excluding carboxylic acids is 1. The van der Waals surface area contributed by atoms with Gasteiger partial charge < -0.3 is 50.1 Å². The molecule has 0 atom stereocenters. The maximum atomic E-state index is 12.3. The first-order valence-electron chi connectivity index (χ1n) is 14.4. The Balaban J connectivity index is -0.0000000683. The van der Waals surface area contributed by atoms with E-state index < -0.39 is 18.8 Å². The number of hydrogen-bond acceptors (Lipinski definition) is 9. The van der Waals surface area contributed by atoms with E-state index in [-0.39, 0.29) is 151 Å². The molecule has 0 spiro atoms. The number of hydrogen-bond donors (Lipinski definition) is 4. The third-order valence-corrected chi connectivity index (χ3v) is 4.96. The molecule has 0 aliphatic rings. The first-order valence-corrected chi connectivity index (χ1v) is 15.2. The Labute approximate surface area is 435 Å². The first-order chi connectivity index (χ1) is 23.2. The topological polar surface area (TPSA) is 183 Å². The smallest absolute Gasteiger partial charge is 1.00 e. The van der Waals surface area contributed by atoms with Crippen molar-refractivity contribution < 1.29 is 188 Å².